The fourth-order valence-corrected chi connectivity index (χ4v) is 7.09. The number of imidazole rings is 1. The number of hydrogen-bond donors (Lipinski definition) is 0. The van der Waals surface area contributed by atoms with Gasteiger partial charge in [0.1, 0.15) is 5.69 Å². The Labute approximate surface area is 244 Å². The van der Waals surface area contributed by atoms with Gasteiger partial charge < -0.3 is 9.80 Å². The Morgan fingerprint density at radius 1 is 0.707 bits per heavy atom. The first-order valence-corrected chi connectivity index (χ1v) is 14.6. The monoisotopic (exact) mass is 541 g/mol. The number of aryl methyl sites for hydroxylation is 4. The molecule has 0 bridgehead atoms. The molecule has 41 heavy (non-hydrogen) atoms. The molecule has 208 valence electrons. The third kappa shape index (κ3) is 4.00. The van der Waals surface area contributed by atoms with E-state index in [-0.39, 0.29) is 6.17 Å². The van der Waals surface area contributed by atoms with Gasteiger partial charge in [-0.15, -0.1) is 0 Å². The van der Waals surface area contributed by atoms with E-state index in [1.54, 1.807) is 0 Å². The molecule has 0 fully saturated rings. The first kappa shape index (κ1) is 26.9. The summed E-state index contributed by atoms with van der Waals surface area (Å²) >= 11 is 0. The van der Waals surface area contributed by atoms with Crippen molar-refractivity contribution in [1.82, 2.24) is 14.4 Å². The average Bonchev–Trinajstić information content (AvgIpc) is 3.45. The van der Waals surface area contributed by atoms with Crippen LogP contribution in [0.3, 0.4) is 0 Å². The molecule has 2 heterocycles. The third-order valence-electron chi connectivity index (χ3n) is 9.38. The number of para-hydroxylation sites is 3. The summed E-state index contributed by atoms with van der Waals surface area (Å²) in [6.07, 6.45) is 4.65. The normalized spacial score (nSPS) is 16.5. The molecule has 0 amide bonds. The van der Waals surface area contributed by atoms with Gasteiger partial charge in [0.15, 0.2) is 16.6 Å². The van der Waals surface area contributed by atoms with Crippen LogP contribution in [0, 0.1) is 27.7 Å². The molecular weight excluding hydrogens is 500 g/mol. The fraction of sp³-hybridized carbons (Fsp3) is 0.270. The highest BCUT2D eigenvalue weighted by atomic mass is 15.4. The summed E-state index contributed by atoms with van der Waals surface area (Å²) in [5.74, 6) is 1.23. The molecule has 0 aliphatic carbocycles. The van der Waals surface area contributed by atoms with Crippen LogP contribution in [-0.4, -0.2) is 27.6 Å². The molecule has 1 aliphatic heterocycles. The Morgan fingerprint density at radius 2 is 1.32 bits per heavy atom. The largest absolute Gasteiger partial charge is 0.359 e. The molecule has 4 aromatic carbocycles. The maximum absolute atomic E-state index is 2.54. The predicted octanol–water partition coefficient (Wildman–Crippen LogP) is 7.68. The summed E-state index contributed by atoms with van der Waals surface area (Å²) in [6.45, 7) is 13.7. The van der Waals surface area contributed by atoms with Crippen LogP contribution in [0.15, 0.2) is 97.3 Å². The zero-order valence-electron chi connectivity index (χ0n) is 25.6. The highest BCUT2D eigenvalue weighted by Crippen LogP contribution is 2.44. The van der Waals surface area contributed by atoms with Crippen molar-refractivity contribution >= 4 is 11.0 Å². The summed E-state index contributed by atoms with van der Waals surface area (Å²) in [5.41, 5.74) is 12.2. The van der Waals surface area contributed by atoms with E-state index in [2.05, 4.69) is 172 Å². The van der Waals surface area contributed by atoms with Gasteiger partial charge in [-0.05, 0) is 92.6 Å². The number of rotatable bonds is 5. The Morgan fingerprint density at radius 3 is 2.00 bits per heavy atom. The number of fused-ring (bicyclic) bond motifs is 1. The number of hydrogen-bond acceptors (Lipinski definition) is 2. The molecule has 1 aliphatic rings. The van der Waals surface area contributed by atoms with Gasteiger partial charge in [-0.1, -0.05) is 72.8 Å². The first-order chi connectivity index (χ1) is 19.7. The van der Waals surface area contributed by atoms with Crippen molar-refractivity contribution in [3.63, 3.8) is 0 Å². The minimum absolute atomic E-state index is 0.172. The van der Waals surface area contributed by atoms with E-state index in [9.17, 15) is 0 Å². The maximum atomic E-state index is 2.54. The molecular formula is C37H41N4+. The van der Waals surface area contributed by atoms with E-state index < -0.39 is 5.54 Å². The maximum Gasteiger partial charge on any atom is 0.293 e. The van der Waals surface area contributed by atoms with Crippen LogP contribution in [0.2, 0.25) is 0 Å². The summed E-state index contributed by atoms with van der Waals surface area (Å²) in [7, 11) is 4.40. The van der Waals surface area contributed by atoms with Crippen molar-refractivity contribution in [1.29, 1.82) is 0 Å². The van der Waals surface area contributed by atoms with Crippen molar-refractivity contribution in [2.24, 2.45) is 7.05 Å². The summed E-state index contributed by atoms with van der Waals surface area (Å²) < 4.78 is 4.94. The van der Waals surface area contributed by atoms with Gasteiger partial charge in [0.05, 0.1) is 13.2 Å². The van der Waals surface area contributed by atoms with Crippen LogP contribution >= 0.6 is 0 Å². The molecule has 1 unspecified atom stereocenters. The van der Waals surface area contributed by atoms with Crippen molar-refractivity contribution in [2.75, 3.05) is 7.05 Å². The second-order valence-corrected chi connectivity index (χ2v) is 11.8. The van der Waals surface area contributed by atoms with E-state index >= 15 is 0 Å². The molecule has 4 heteroatoms. The first-order valence-electron chi connectivity index (χ1n) is 14.6. The SMILES string of the molecule is Cc1ccccc1-c1cccc(C(C)(c2n(-c3c(C)cccc3C)c3ccccc3[n+]2C)N2C=CN(C)[C@@H]2C)c1C. The lowest BCUT2D eigenvalue weighted by Gasteiger charge is -2.42. The quantitative estimate of drug-likeness (QED) is 0.212. The average molecular weight is 542 g/mol. The zero-order valence-corrected chi connectivity index (χ0v) is 25.6. The minimum atomic E-state index is -0.508. The van der Waals surface area contributed by atoms with Crippen molar-refractivity contribution in [3.8, 4) is 16.8 Å². The fourth-order valence-electron chi connectivity index (χ4n) is 7.09. The lowest BCUT2D eigenvalue weighted by atomic mass is 9.82. The van der Waals surface area contributed by atoms with E-state index in [0.29, 0.717) is 0 Å². The summed E-state index contributed by atoms with van der Waals surface area (Å²) in [4.78, 5) is 4.83. The van der Waals surface area contributed by atoms with Crippen LogP contribution in [0.25, 0.3) is 27.8 Å². The van der Waals surface area contributed by atoms with Gasteiger partial charge in [-0.25, -0.2) is 4.57 Å². The van der Waals surface area contributed by atoms with E-state index in [0.717, 1.165) is 0 Å². The van der Waals surface area contributed by atoms with Crippen LogP contribution in [0.4, 0.5) is 0 Å². The number of nitrogens with zero attached hydrogens (tertiary/aromatic N) is 4. The van der Waals surface area contributed by atoms with Gasteiger partial charge in [0.25, 0.3) is 5.82 Å². The van der Waals surface area contributed by atoms with Gasteiger partial charge in [0.2, 0.25) is 0 Å². The third-order valence-corrected chi connectivity index (χ3v) is 9.38. The van der Waals surface area contributed by atoms with Gasteiger partial charge in [-0.2, -0.15) is 4.57 Å². The standard InChI is InChI=1S/C37H41N4/c1-25-15-9-10-18-30(25)31-19-14-20-32(28(31)4)37(6,40-24-23-38(7)29(40)5)36-39(8)33-21-11-12-22-34(33)41(36)35-26(2)16-13-17-27(35)3/h9-24,29H,1-8H3/q+1/t29-,37?/m0/s1. The van der Waals surface area contributed by atoms with Crippen LogP contribution in [-0.2, 0) is 12.6 Å². The number of aromatic nitrogens is 2. The Hall–Kier alpha value is -4.31. The van der Waals surface area contributed by atoms with Crippen LogP contribution < -0.4 is 4.57 Å². The molecule has 0 radical (unpaired) electrons. The van der Waals surface area contributed by atoms with Crippen LogP contribution in [0.1, 0.15) is 47.5 Å². The Balaban J connectivity index is 1.76. The molecule has 4 nitrogen and oxygen atoms in total. The molecule has 0 saturated heterocycles. The van der Waals surface area contributed by atoms with E-state index in [1.807, 2.05) is 0 Å². The molecule has 6 rings (SSSR count). The predicted molar refractivity (Wildman–Crippen MR) is 170 cm³/mol. The Kier molecular flexibility index (Phi) is 6.53. The highest BCUT2D eigenvalue weighted by Gasteiger charge is 2.50. The van der Waals surface area contributed by atoms with E-state index in [4.69, 9.17) is 0 Å². The summed E-state index contributed by atoms with van der Waals surface area (Å²) in [5, 5.41) is 0. The van der Waals surface area contributed by atoms with Crippen molar-refractivity contribution < 1.29 is 4.57 Å². The summed E-state index contributed by atoms with van der Waals surface area (Å²) in [6, 6.07) is 31.0. The zero-order chi connectivity index (χ0) is 29.1. The smallest absolute Gasteiger partial charge is 0.293 e. The minimum Gasteiger partial charge on any atom is -0.359 e. The molecule has 1 aromatic heterocycles. The molecule has 0 spiro atoms. The Bertz CT molecular complexity index is 1790. The molecule has 2 atom stereocenters. The van der Waals surface area contributed by atoms with Gasteiger partial charge >= 0.3 is 0 Å². The lowest BCUT2D eigenvalue weighted by Crippen LogP contribution is -2.54. The topological polar surface area (TPSA) is 15.3 Å². The second kappa shape index (κ2) is 9.95. The van der Waals surface area contributed by atoms with Gasteiger partial charge in [0, 0.05) is 19.4 Å². The molecule has 5 aromatic rings. The highest BCUT2D eigenvalue weighted by molar-refractivity contribution is 5.77. The van der Waals surface area contributed by atoms with E-state index in [1.165, 1.54) is 61.5 Å². The molecule has 0 saturated carbocycles. The van der Waals surface area contributed by atoms with Gasteiger partial charge in [-0.3, -0.25) is 0 Å². The molecule has 0 N–H and O–H groups in total. The van der Waals surface area contributed by atoms with Crippen LogP contribution in [0.5, 0.6) is 0 Å². The lowest BCUT2D eigenvalue weighted by molar-refractivity contribution is -0.658. The van der Waals surface area contributed by atoms with Crippen molar-refractivity contribution in [2.45, 2.75) is 53.2 Å². The number of benzene rings is 4. The second-order valence-electron chi connectivity index (χ2n) is 11.8. The van der Waals surface area contributed by atoms with Crippen molar-refractivity contribution in [3.05, 3.63) is 131 Å².